The summed E-state index contributed by atoms with van der Waals surface area (Å²) in [6.07, 6.45) is 0. The molecule has 0 aliphatic carbocycles. The summed E-state index contributed by atoms with van der Waals surface area (Å²) in [7, 11) is 1.79. The second-order valence-electron chi connectivity index (χ2n) is 4.72. The summed E-state index contributed by atoms with van der Waals surface area (Å²) < 4.78 is 26.3. The van der Waals surface area contributed by atoms with Crippen molar-refractivity contribution in [2.75, 3.05) is 25.0 Å². The van der Waals surface area contributed by atoms with Gasteiger partial charge in [-0.3, -0.25) is 0 Å². The lowest BCUT2D eigenvalue weighted by atomic mass is 9.95. The van der Waals surface area contributed by atoms with Crippen LogP contribution in [0, 0.1) is 23.5 Å². The van der Waals surface area contributed by atoms with E-state index in [0.717, 1.165) is 6.07 Å². The van der Waals surface area contributed by atoms with E-state index in [2.05, 4.69) is 13.8 Å². The molecule has 1 rings (SSSR count). The van der Waals surface area contributed by atoms with Gasteiger partial charge in [0.25, 0.3) is 0 Å². The Kier molecular flexibility index (Phi) is 4.87. The molecule has 1 aromatic carbocycles. The van der Waals surface area contributed by atoms with Crippen molar-refractivity contribution >= 4 is 5.69 Å². The van der Waals surface area contributed by atoms with Crippen LogP contribution in [-0.4, -0.2) is 20.1 Å². The van der Waals surface area contributed by atoms with Crippen LogP contribution in [-0.2, 0) is 0 Å². The molecule has 1 aromatic rings. The van der Waals surface area contributed by atoms with Gasteiger partial charge in [-0.2, -0.15) is 0 Å². The highest BCUT2D eigenvalue weighted by Crippen LogP contribution is 2.21. The summed E-state index contributed by atoms with van der Waals surface area (Å²) in [5.41, 5.74) is 6.09. The summed E-state index contributed by atoms with van der Waals surface area (Å²) >= 11 is 0. The molecule has 0 aliphatic rings. The van der Waals surface area contributed by atoms with Gasteiger partial charge in [-0.1, -0.05) is 13.8 Å². The second-order valence-corrected chi connectivity index (χ2v) is 4.72. The molecule has 0 bridgehead atoms. The van der Waals surface area contributed by atoms with Gasteiger partial charge in [0.1, 0.15) is 11.6 Å². The Morgan fingerprint density at radius 1 is 1.29 bits per heavy atom. The van der Waals surface area contributed by atoms with Crippen LogP contribution in [0.2, 0.25) is 0 Å². The Morgan fingerprint density at radius 2 is 1.94 bits per heavy atom. The summed E-state index contributed by atoms with van der Waals surface area (Å²) in [5, 5.41) is 0. The molecule has 0 fully saturated rings. The molecule has 4 heteroatoms. The van der Waals surface area contributed by atoms with Crippen molar-refractivity contribution in [3.63, 3.8) is 0 Å². The molecule has 1 atom stereocenters. The van der Waals surface area contributed by atoms with Crippen molar-refractivity contribution in [1.82, 2.24) is 0 Å². The van der Waals surface area contributed by atoms with Gasteiger partial charge in [0.15, 0.2) is 0 Å². The Balaban J connectivity index is 2.78. The third-order valence-corrected chi connectivity index (χ3v) is 3.07. The molecule has 0 aliphatic heterocycles. The molecule has 0 saturated carbocycles. The number of hydrogen-bond donors (Lipinski definition) is 1. The van der Waals surface area contributed by atoms with Crippen molar-refractivity contribution in [1.29, 1.82) is 0 Å². The number of halogens is 2. The van der Waals surface area contributed by atoms with Gasteiger partial charge < -0.3 is 10.6 Å². The van der Waals surface area contributed by atoms with E-state index in [-0.39, 0.29) is 0 Å². The molecule has 17 heavy (non-hydrogen) atoms. The summed E-state index contributed by atoms with van der Waals surface area (Å²) in [5.74, 6) is -0.360. The number of anilines is 1. The van der Waals surface area contributed by atoms with Crippen LogP contribution < -0.4 is 10.6 Å². The van der Waals surface area contributed by atoms with Crippen molar-refractivity contribution in [3.8, 4) is 0 Å². The highest BCUT2D eigenvalue weighted by molar-refractivity contribution is 5.47. The van der Waals surface area contributed by atoms with Crippen molar-refractivity contribution < 1.29 is 8.78 Å². The van der Waals surface area contributed by atoms with Gasteiger partial charge in [-0.25, -0.2) is 8.78 Å². The number of nitrogens with zero attached hydrogens (tertiary/aromatic N) is 1. The van der Waals surface area contributed by atoms with E-state index < -0.39 is 11.6 Å². The lowest BCUT2D eigenvalue weighted by Crippen LogP contribution is -2.33. The molecule has 2 nitrogen and oxygen atoms in total. The van der Waals surface area contributed by atoms with Gasteiger partial charge in [-0.05, 0) is 30.5 Å². The molecule has 0 radical (unpaired) electrons. The van der Waals surface area contributed by atoms with Crippen LogP contribution >= 0.6 is 0 Å². The first-order valence-corrected chi connectivity index (χ1v) is 5.82. The average Bonchev–Trinajstić information content (AvgIpc) is 2.24. The zero-order valence-electron chi connectivity index (χ0n) is 10.6. The third-order valence-electron chi connectivity index (χ3n) is 3.07. The maximum Gasteiger partial charge on any atom is 0.149 e. The summed E-state index contributed by atoms with van der Waals surface area (Å²) in [6.45, 7) is 5.40. The zero-order chi connectivity index (χ0) is 13.0. The van der Waals surface area contributed by atoms with Crippen LogP contribution in [0.15, 0.2) is 18.2 Å². The molecular weight excluding hydrogens is 222 g/mol. The number of hydrogen-bond acceptors (Lipinski definition) is 2. The minimum absolute atomic E-state index is 0.296. The Hall–Kier alpha value is -1.16. The molecule has 0 spiro atoms. The van der Waals surface area contributed by atoms with E-state index in [9.17, 15) is 8.78 Å². The first-order valence-electron chi connectivity index (χ1n) is 5.82. The third kappa shape index (κ3) is 3.66. The van der Waals surface area contributed by atoms with Crippen LogP contribution in [0.4, 0.5) is 14.5 Å². The van der Waals surface area contributed by atoms with E-state index in [4.69, 9.17) is 5.73 Å². The van der Waals surface area contributed by atoms with Crippen molar-refractivity contribution in [2.45, 2.75) is 13.8 Å². The highest BCUT2D eigenvalue weighted by Gasteiger charge is 2.16. The van der Waals surface area contributed by atoms with Crippen molar-refractivity contribution in [2.24, 2.45) is 17.6 Å². The zero-order valence-corrected chi connectivity index (χ0v) is 10.6. The summed E-state index contributed by atoms with van der Waals surface area (Å²) in [4.78, 5) is 1.78. The van der Waals surface area contributed by atoms with E-state index >= 15 is 0 Å². The fourth-order valence-electron chi connectivity index (χ4n) is 1.80. The van der Waals surface area contributed by atoms with E-state index in [1.54, 1.807) is 11.9 Å². The SMILES string of the molecule is CC(C)C(CN)CN(C)c1ccc(F)cc1F. The molecule has 0 aromatic heterocycles. The maximum absolute atomic E-state index is 13.5. The predicted molar refractivity (Wildman–Crippen MR) is 67.0 cm³/mol. The Labute approximate surface area is 101 Å². The normalized spacial score (nSPS) is 12.9. The second kappa shape index (κ2) is 5.96. The topological polar surface area (TPSA) is 29.3 Å². The van der Waals surface area contributed by atoms with Gasteiger partial charge in [0.2, 0.25) is 0 Å². The van der Waals surface area contributed by atoms with E-state index in [0.29, 0.717) is 30.6 Å². The lowest BCUT2D eigenvalue weighted by molar-refractivity contribution is 0.396. The van der Waals surface area contributed by atoms with Crippen LogP contribution in [0.25, 0.3) is 0 Å². The smallest absolute Gasteiger partial charge is 0.149 e. The highest BCUT2D eigenvalue weighted by atomic mass is 19.1. The first-order chi connectivity index (χ1) is 7.95. The Morgan fingerprint density at radius 3 is 2.41 bits per heavy atom. The first kappa shape index (κ1) is 13.9. The number of rotatable bonds is 5. The molecular formula is C13H20F2N2. The standard InChI is InChI=1S/C13H20F2N2/c1-9(2)10(7-16)8-17(3)13-5-4-11(14)6-12(13)15/h4-6,9-10H,7-8,16H2,1-3H3. The van der Waals surface area contributed by atoms with E-state index in [1.165, 1.54) is 12.1 Å². The van der Waals surface area contributed by atoms with Crippen LogP contribution in [0.3, 0.4) is 0 Å². The van der Waals surface area contributed by atoms with Gasteiger partial charge >= 0.3 is 0 Å². The van der Waals surface area contributed by atoms with Crippen molar-refractivity contribution in [3.05, 3.63) is 29.8 Å². The number of nitrogens with two attached hydrogens (primary N) is 1. The predicted octanol–water partition coefficient (Wildman–Crippen LogP) is 2.63. The minimum atomic E-state index is -0.557. The van der Waals surface area contributed by atoms with Crippen LogP contribution in [0.5, 0.6) is 0 Å². The summed E-state index contributed by atoms with van der Waals surface area (Å²) in [6, 6.07) is 3.62. The number of benzene rings is 1. The minimum Gasteiger partial charge on any atom is -0.372 e. The Bertz CT molecular complexity index is 366. The molecule has 0 amide bonds. The van der Waals surface area contributed by atoms with E-state index in [1.807, 2.05) is 0 Å². The van der Waals surface area contributed by atoms with Gasteiger partial charge in [-0.15, -0.1) is 0 Å². The largest absolute Gasteiger partial charge is 0.372 e. The molecule has 1 unspecified atom stereocenters. The quantitative estimate of drug-likeness (QED) is 0.860. The fourth-order valence-corrected chi connectivity index (χ4v) is 1.80. The average molecular weight is 242 g/mol. The lowest BCUT2D eigenvalue weighted by Gasteiger charge is -2.27. The molecule has 0 saturated heterocycles. The van der Waals surface area contributed by atoms with Gasteiger partial charge in [0, 0.05) is 19.7 Å². The monoisotopic (exact) mass is 242 g/mol. The maximum atomic E-state index is 13.5. The fraction of sp³-hybridized carbons (Fsp3) is 0.538. The molecule has 2 N–H and O–H groups in total. The van der Waals surface area contributed by atoms with Crippen LogP contribution in [0.1, 0.15) is 13.8 Å². The van der Waals surface area contributed by atoms with Gasteiger partial charge in [0.05, 0.1) is 5.69 Å². The molecule has 0 heterocycles. The molecule has 96 valence electrons.